The van der Waals surface area contributed by atoms with E-state index in [0.717, 1.165) is 29.1 Å². The molecule has 4 heteroatoms. The Balaban J connectivity index is 1.69. The molecule has 28 heavy (non-hydrogen) atoms. The van der Waals surface area contributed by atoms with Crippen LogP contribution >= 0.6 is 0 Å². The Morgan fingerprint density at radius 3 is 2.43 bits per heavy atom. The van der Waals surface area contributed by atoms with Crippen LogP contribution in [0.2, 0.25) is 0 Å². The zero-order valence-corrected chi connectivity index (χ0v) is 17.2. The predicted molar refractivity (Wildman–Crippen MR) is 115 cm³/mol. The van der Waals surface area contributed by atoms with Gasteiger partial charge in [-0.2, -0.15) is 5.10 Å². The Morgan fingerprint density at radius 2 is 1.71 bits per heavy atom. The summed E-state index contributed by atoms with van der Waals surface area (Å²) in [6, 6.07) is 18.1. The Kier molecular flexibility index (Phi) is 6.30. The Morgan fingerprint density at radius 1 is 1.04 bits per heavy atom. The minimum Gasteiger partial charge on any atom is -0.326 e. The number of benzene rings is 2. The van der Waals surface area contributed by atoms with Gasteiger partial charge in [-0.25, -0.2) is 0 Å². The molecule has 0 bridgehead atoms. The van der Waals surface area contributed by atoms with E-state index in [9.17, 15) is 4.79 Å². The highest BCUT2D eigenvalue weighted by molar-refractivity contribution is 5.95. The second-order valence-electron chi connectivity index (χ2n) is 7.69. The SMILES string of the molecule is Cc1nn(CC(C)C)c(C)c1CCC(=O)Nc1ccccc1-c1ccccc1. The van der Waals surface area contributed by atoms with Gasteiger partial charge < -0.3 is 5.32 Å². The molecule has 0 atom stereocenters. The summed E-state index contributed by atoms with van der Waals surface area (Å²) in [6.45, 7) is 9.41. The fourth-order valence-electron chi connectivity index (χ4n) is 3.53. The molecular weight excluding hydrogens is 346 g/mol. The van der Waals surface area contributed by atoms with E-state index in [1.807, 2.05) is 49.4 Å². The second kappa shape index (κ2) is 8.87. The van der Waals surface area contributed by atoms with Crippen LogP contribution in [0.15, 0.2) is 54.6 Å². The number of nitrogens with one attached hydrogen (secondary N) is 1. The van der Waals surface area contributed by atoms with Crippen molar-refractivity contribution >= 4 is 11.6 Å². The number of amides is 1. The monoisotopic (exact) mass is 375 g/mol. The second-order valence-corrected chi connectivity index (χ2v) is 7.69. The summed E-state index contributed by atoms with van der Waals surface area (Å²) in [6.07, 6.45) is 1.15. The van der Waals surface area contributed by atoms with Crippen molar-refractivity contribution in [1.29, 1.82) is 0 Å². The molecule has 0 saturated heterocycles. The zero-order chi connectivity index (χ0) is 20.1. The summed E-state index contributed by atoms with van der Waals surface area (Å²) in [5.74, 6) is 0.572. The van der Waals surface area contributed by atoms with Crippen molar-refractivity contribution in [2.24, 2.45) is 5.92 Å². The van der Waals surface area contributed by atoms with E-state index in [2.05, 4.69) is 48.0 Å². The quantitative estimate of drug-likeness (QED) is 0.601. The van der Waals surface area contributed by atoms with Crippen molar-refractivity contribution in [2.75, 3.05) is 5.32 Å². The molecule has 1 heterocycles. The van der Waals surface area contributed by atoms with E-state index in [0.29, 0.717) is 18.8 Å². The largest absolute Gasteiger partial charge is 0.326 e. The van der Waals surface area contributed by atoms with Crippen LogP contribution in [0.5, 0.6) is 0 Å². The number of aromatic nitrogens is 2. The molecule has 0 aliphatic rings. The minimum atomic E-state index is 0.0267. The lowest BCUT2D eigenvalue weighted by Gasteiger charge is -2.11. The molecule has 3 rings (SSSR count). The fraction of sp³-hybridized carbons (Fsp3) is 0.333. The van der Waals surface area contributed by atoms with Crippen molar-refractivity contribution in [2.45, 2.75) is 47.1 Å². The van der Waals surface area contributed by atoms with E-state index < -0.39 is 0 Å². The molecule has 0 aliphatic carbocycles. The van der Waals surface area contributed by atoms with Crippen molar-refractivity contribution in [3.63, 3.8) is 0 Å². The lowest BCUT2D eigenvalue weighted by molar-refractivity contribution is -0.116. The minimum absolute atomic E-state index is 0.0267. The molecule has 0 saturated carbocycles. The van der Waals surface area contributed by atoms with E-state index in [1.165, 1.54) is 11.3 Å². The number of carbonyl (C=O) groups is 1. The number of aryl methyl sites for hydroxylation is 1. The van der Waals surface area contributed by atoms with Gasteiger partial charge in [0.25, 0.3) is 0 Å². The van der Waals surface area contributed by atoms with Crippen LogP contribution in [0.3, 0.4) is 0 Å². The normalized spacial score (nSPS) is 11.0. The van der Waals surface area contributed by atoms with Gasteiger partial charge in [0, 0.05) is 29.9 Å². The molecule has 0 radical (unpaired) electrons. The van der Waals surface area contributed by atoms with Crippen LogP contribution in [-0.4, -0.2) is 15.7 Å². The molecule has 1 N–H and O–H groups in total. The standard InChI is InChI=1S/C24H29N3O/c1-17(2)16-27-19(4)21(18(3)26-27)14-15-24(28)25-23-13-9-8-12-22(23)20-10-6-5-7-11-20/h5-13,17H,14-16H2,1-4H3,(H,25,28). The number of carbonyl (C=O) groups excluding carboxylic acids is 1. The third kappa shape index (κ3) is 4.69. The molecular formula is C24H29N3O. The number of nitrogens with zero attached hydrogens (tertiary/aromatic N) is 2. The predicted octanol–water partition coefficient (Wildman–Crippen LogP) is 5.39. The lowest BCUT2D eigenvalue weighted by Crippen LogP contribution is -2.13. The average molecular weight is 376 g/mol. The van der Waals surface area contributed by atoms with Crippen LogP contribution < -0.4 is 5.32 Å². The summed E-state index contributed by atoms with van der Waals surface area (Å²) in [5.41, 5.74) is 6.36. The van der Waals surface area contributed by atoms with Crippen LogP contribution in [0, 0.1) is 19.8 Å². The Labute approximate surface area is 167 Å². The zero-order valence-electron chi connectivity index (χ0n) is 17.2. The van der Waals surface area contributed by atoms with Crippen molar-refractivity contribution in [1.82, 2.24) is 9.78 Å². The number of rotatable bonds is 7. The van der Waals surface area contributed by atoms with Gasteiger partial charge in [-0.15, -0.1) is 0 Å². The first-order valence-electron chi connectivity index (χ1n) is 9.93. The average Bonchev–Trinajstić information content (AvgIpc) is 2.93. The van der Waals surface area contributed by atoms with E-state index >= 15 is 0 Å². The molecule has 1 aromatic heterocycles. The molecule has 2 aromatic carbocycles. The van der Waals surface area contributed by atoms with Crippen molar-refractivity contribution in [3.05, 3.63) is 71.5 Å². The summed E-state index contributed by atoms with van der Waals surface area (Å²) in [7, 11) is 0. The van der Waals surface area contributed by atoms with Crippen LogP contribution in [0.4, 0.5) is 5.69 Å². The maximum absolute atomic E-state index is 12.6. The Hall–Kier alpha value is -2.88. The van der Waals surface area contributed by atoms with Gasteiger partial charge in [0.15, 0.2) is 0 Å². The summed E-state index contributed by atoms with van der Waals surface area (Å²) >= 11 is 0. The summed E-state index contributed by atoms with van der Waals surface area (Å²) in [5, 5.41) is 7.74. The molecule has 146 valence electrons. The summed E-state index contributed by atoms with van der Waals surface area (Å²) in [4.78, 5) is 12.6. The summed E-state index contributed by atoms with van der Waals surface area (Å²) < 4.78 is 2.07. The molecule has 1 amide bonds. The van der Waals surface area contributed by atoms with Crippen molar-refractivity contribution in [3.8, 4) is 11.1 Å². The molecule has 3 aromatic rings. The highest BCUT2D eigenvalue weighted by atomic mass is 16.1. The first-order valence-corrected chi connectivity index (χ1v) is 9.93. The van der Waals surface area contributed by atoms with Gasteiger partial charge in [0.2, 0.25) is 5.91 Å². The van der Waals surface area contributed by atoms with Gasteiger partial charge >= 0.3 is 0 Å². The third-order valence-corrected chi connectivity index (χ3v) is 4.96. The highest BCUT2D eigenvalue weighted by Crippen LogP contribution is 2.27. The lowest BCUT2D eigenvalue weighted by atomic mass is 10.0. The number of hydrogen-bond donors (Lipinski definition) is 1. The van der Waals surface area contributed by atoms with Crippen LogP contribution in [0.25, 0.3) is 11.1 Å². The van der Waals surface area contributed by atoms with E-state index in [-0.39, 0.29) is 5.91 Å². The maximum Gasteiger partial charge on any atom is 0.224 e. The maximum atomic E-state index is 12.6. The molecule has 0 aliphatic heterocycles. The molecule has 0 fully saturated rings. The van der Waals surface area contributed by atoms with Crippen molar-refractivity contribution < 1.29 is 4.79 Å². The van der Waals surface area contributed by atoms with Gasteiger partial charge in [-0.3, -0.25) is 9.48 Å². The van der Waals surface area contributed by atoms with E-state index in [1.54, 1.807) is 0 Å². The van der Waals surface area contributed by atoms with Crippen LogP contribution in [0.1, 0.15) is 37.2 Å². The van der Waals surface area contributed by atoms with E-state index in [4.69, 9.17) is 0 Å². The number of anilines is 1. The van der Waals surface area contributed by atoms with Crippen LogP contribution in [-0.2, 0) is 17.8 Å². The molecule has 0 spiro atoms. The van der Waals surface area contributed by atoms with Gasteiger partial charge in [-0.1, -0.05) is 62.4 Å². The first kappa shape index (κ1) is 19.9. The number of hydrogen-bond acceptors (Lipinski definition) is 2. The van der Waals surface area contributed by atoms with Gasteiger partial charge in [-0.05, 0) is 43.4 Å². The topological polar surface area (TPSA) is 46.9 Å². The molecule has 4 nitrogen and oxygen atoms in total. The number of para-hydroxylation sites is 1. The first-order chi connectivity index (χ1) is 13.5. The van der Waals surface area contributed by atoms with Gasteiger partial charge in [0.05, 0.1) is 5.69 Å². The fourth-order valence-corrected chi connectivity index (χ4v) is 3.53. The molecule has 0 unspecified atom stereocenters. The Bertz CT molecular complexity index is 942. The smallest absolute Gasteiger partial charge is 0.224 e. The highest BCUT2D eigenvalue weighted by Gasteiger charge is 2.14. The third-order valence-electron chi connectivity index (χ3n) is 4.96. The van der Waals surface area contributed by atoms with Gasteiger partial charge in [0.1, 0.15) is 0 Å².